The fourth-order valence-corrected chi connectivity index (χ4v) is 2.93. The molecule has 7 heteroatoms. The van der Waals surface area contributed by atoms with Crippen molar-refractivity contribution in [1.29, 1.82) is 0 Å². The maximum atomic E-state index is 13.4. The molecule has 3 N–H and O–H groups in total. The van der Waals surface area contributed by atoms with Crippen LogP contribution in [0.4, 0.5) is 10.1 Å². The second kappa shape index (κ2) is 6.29. The van der Waals surface area contributed by atoms with E-state index in [0.29, 0.717) is 6.42 Å². The molecule has 1 aromatic rings. The lowest BCUT2D eigenvalue weighted by Gasteiger charge is -2.10. The standard InChI is InChI=1S/C12H17FN2O2S2/c1-8(2)5-6-19(16,17)15-9-3-4-11(13)10(7-9)12(14)18/h3-4,7-8,15H,5-6H2,1-2H3,(H2,14,18). The van der Waals surface area contributed by atoms with E-state index in [1.165, 1.54) is 12.1 Å². The fraction of sp³-hybridized carbons (Fsp3) is 0.417. The van der Waals surface area contributed by atoms with Gasteiger partial charge in [0.05, 0.1) is 5.75 Å². The van der Waals surface area contributed by atoms with Gasteiger partial charge in [-0.05, 0) is 30.5 Å². The zero-order valence-electron chi connectivity index (χ0n) is 10.8. The quantitative estimate of drug-likeness (QED) is 0.791. The molecule has 0 heterocycles. The van der Waals surface area contributed by atoms with Crippen molar-refractivity contribution in [3.05, 3.63) is 29.6 Å². The summed E-state index contributed by atoms with van der Waals surface area (Å²) in [6.45, 7) is 3.89. The van der Waals surface area contributed by atoms with Crippen LogP contribution in [0, 0.1) is 11.7 Å². The van der Waals surface area contributed by atoms with Gasteiger partial charge in [-0.25, -0.2) is 12.8 Å². The molecule has 0 aliphatic carbocycles. The van der Waals surface area contributed by atoms with Gasteiger partial charge < -0.3 is 5.73 Å². The molecule has 0 amide bonds. The highest BCUT2D eigenvalue weighted by Crippen LogP contribution is 2.16. The number of rotatable bonds is 6. The second-order valence-corrected chi connectivity index (χ2v) is 6.94. The highest BCUT2D eigenvalue weighted by molar-refractivity contribution is 7.92. The normalized spacial score (nSPS) is 11.6. The van der Waals surface area contributed by atoms with Crippen LogP contribution in [0.1, 0.15) is 25.8 Å². The predicted octanol–water partition coefficient (Wildman–Crippen LogP) is 2.25. The van der Waals surface area contributed by atoms with E-state index in [1.54, 1.807) is 0 Å². The summed E-state index contributed by atoms with van der Waals surface area (Å²) in [5.74, 6) is -0.264. The molecule has 0 aliphatic heterocycles. The van der Waals surface area contributed by atoms with Crippen LogP contribution >= 0.6 is 12.2 Å². The van der Waals surface area contributed by atoms with E-state index in [9.17, 15) is 12.8 Å². The molecular formula is C12H17FN2O2S2. The molecule has 0 aliphatic rings. The molecule has 0 aromatic heterocycles. The van der Waals surface area contributed by atoms with Gasteiger partial charge in [0.25, 0.3) is 0 Å². The Labute approximate surface area is 118 Å². The zero-order chi connectivity index (χ0) is 14.6. The lowest BCUT2D eigenvalue weighted by Crippen LogP contribution is -2.19. The Kier molecular flexibility index (Phi) is 5.25. The molecule has 19 heavy (non-hydrogen) atoms. The molecule has 4 nitrogen and oxygen atoms in total. The van der Waals surface area contributed by atoms with Gasteiger partial charge in [0.1, 0.15) is 10.8 Å². The number of thiocarbonyl (C=S) groups is 1. The van der Waals surface area contributed by atoms with E-state index in [2.05, 4.69) is 4.72 Å². The summed E-state index contributed by atoms with van der Waals surface area (Å²) in [6.07, 6.45) is 0.554. The van der Waals surface area contributed by atoms with Gasteiger partial charge in [-0.3, -0.25) is 4.72 Å². The Bertz CT molecular complexity index is 571. The second-order valence-electron chi connectivity index (χ2n) is 4.66. The average Bonchev–Trinajstić information content (AvgIpc) is 2.28. The maximum Gasteiger partial charge on any atom is 0.232 e. The van der Waals surface area contributed by atoms with E-state index in [0.717, 1.165) is 6.07 Å². The Morgan fingerprint density at radius 1 is 1.47 bits per heavy atom. The molecule has 1 aromatic carbocycles. The molecule has 106 valence electrons. The molecule has 0 atom stereocenters. The van der Waals surface area contributed by atoms with Crippen molar-refractivity contribution in [1.82, 2.24) is 0 Å². The Hall–Kier alpha value is -1.21. The van der Waals surface area contributed by atoms with Crippen LogP contribution in [0.5, 0.6) is 0 Å². The first-order valence-corrected chi connectivity index (χ1v) is 7.87. The number of halogens is 1. The van der Waals surface area contributed by atoms with Crippen molar-refractivity contribution in [2.24, 2.45) is 11.7 Å². The number of nitrogens with one attached hydrogen (secondary N) is 1. The number of sulfonamides is 1. The molecule has 0 unspecified atom stereocenters. The van der Waals surface area contributed by atoms with Crippen LogP contribution in [-0.2, 0) is 10.0 Å². The Balaban J connectivity index is 2.88. The predicted molar refractivity (Wildman–Crippen MR) is 79.2 cm³/mol. The number of hydrogen-bond donors (Lipinski definition) is 2. The van der Waals surface area contributed by atoms with E-state index in [1.807, 2.05) is 13.8 Å². The van der Waals surface area contributed by atoms with Crippen molar-refractivity contribution < 1.29 is 12.8 Å². The van der Waals surface area contributed by atoms with Crippen molar-refractivity contribution in [3.63, 3.8) is 0 Å². The molecule has 1 rings (SSSR count). The lowest BCUT2D eigenvalue weighted by atomic mass is 10.2. The number of benzene rings is 1. The van der Waals surface area contributed by atoms with Gasteiger partial charge in [-0.2, -0.15) is 0 Å². The smallest absolute Gasteiger partial charge is 0.232 e. The summed E-state index contributed by atoms with van der Waals surface area (Å²) in [4.78, 5) is -0.110. The highest BCUT2D eigenvalue weighted by atomic mass is 32.2. The first-order chi connectivity index (χ1) is 8.71. The fourth-order valence-electron chi connectivity index (χ4n) is 1.40. The minimum Gasteiger partial charge on any atom is -0.389 e. The van der Waals surface area contributed by atoms with Crippen molar-refractivity contribution >= 4 is 32.9 Å². The summed E-state index contributed by atoms with van der Waals surface area (Å²) in [7, 11) is -3.44. The van der Waals surface area contributed by atoms with Crippen molar-refractivity contribution in [2.45, 2.75) is 20.3 Å². The van der Waals surface area contributed by atoms with E-state index in [4.69, 9.17) is 18.0 Å². The van der Waals surface area contributed by atoms with Crippen molar-refractivity contribution in [2.75, 3.05) is 10.5 Å². The summed E-state index contributed by atoms with van der Waals surface area (Å²) >= 11 is 4.70. The average molecular weight is 304 g/mol. The highest BCUT2D eigenvalue weighted by Gasteiger charge is 2.13. The molecular weight excluding hydrogens is 287 g/mol. The molecule has 0 spiro atoms. The van der Waals surface area contributed by atoms with E-state index >= 15 is 0 Å². The summed E-state index contributed by atoms with van der Waals surface area (Å²) < 4.78 is 39.4. The minimum absolute atomic E-state index is 0.0183. The molecule has 0 saturated carbocycles. The van der Waals surface area contributed by atoms with Crippen LogP contribution in [-0.4, -0.2) is 19.2 Å². The van der Waals surface area contributed by atoms with Crippen LogP contribution < -0.4 is 10.5 Å². The summed E-state index contributed by atoms with van der Waals surface area (Å²) in [5.41, 5.74) is 5.64. The van der Waals surface area contributed by atoms with Gasteiger partial charge in [-0.1, -0.05) is 26.1 Å². The SMILES string of the molecule is CC(C)CCS(=O)(=O)Nc1ccc(F)c(C(N)=S)c1. The number of hydrogen-bond acceptors (Lipinski definition) is 3. The third-order valence-electron chi connectivity index (χ3n) is 2.47. The van der Waals surface area contributed by atoms with Crippen molar-refractivity contribution in [3.8, 4) is 0 Å². The first-order valence-electron chi connectivity index (χ1n) is 5.81. The van der Waals surface area contributed by atoms with Crippen LogP contribution in [0.25, 0.3) is 0 Å². The minimum atomic E-state index is -3.44. The van der Waals surface area contributed by atoms with E-state index in [-0.39, 0.29) is 27.9 Å². The summed E-state index contributed by atoms with van der Waals surface area (Å²) in [5, 5.41) is 0. The summed E-state index contributed by atoms with van der Waals surface area (Å²) in [6, 6.07) is 3.77. The molecule has 0 saturated heterocycles. The van der Waals surface area contributed by atoms with Gasteiger partial charge in [0, 0.05) is 11.3 Å². The Morgan fingerprint density at radius 3 is 2.63 bits per heavy atom. The number of anilines is 1. The third kappa shape index (κ3) is 5.12. The van der Waals surface area contributed by atoms with Gasteiger partial charge in [0.2, 0.25) is 10.0 Å². The Morgan fingerprint density at radius 2 is 2.11 bits per heavy atom. The number of nitrogens with two attached hydrogens (primary N) is 1. The van der Waals surface area contributed by atoms with Gasteiger partial charge in [-0.15, -0.1) is 0 Å². The zero-order valence-corrected chi connectivity index (χ0v) is 12.4. The third-order valence-corrected chi connectivity index (χ3v) is 4.01. The topological polar surface area (TPSA) is 72.2 Å². The first kappa shape index (κ1) is 15.8. The maximum absolute atomic E-state index is 13.4. The largest absolute Gasteiger partial charge is 0.389 e. The lowest BCUT2D eigenvalue weighted by molar-refractivity contribution is 0.578. The molecule has 0 fully saturated rings. The molecule has 0 bridgehead atoms. The van der Waals surface area contributed by atoms with Crippen LogP contribution in [0.2, 0.25) is 0 Å². The van der Waals surface area contributed by atoms with Crippen LogP contribution in [0.3, 0.4) is 0 Å². The van der Waals surface area contributed by atoms with Gasteiger partial charge in [0.15, 0.2) is 0 Å². The van der Waals surface area contributed by atoms with E-state index < -0.39 is 15.8 Å². The van der Waals surface area contributed by atoms with Crippen LogP contribution in [0.15, 0.2) is 18.2 Å². The molecule has 0 radical (unpaired) electrons. The van der Waals surface area contributed by atoms with Gasteiger partial charge >= 0.3 is 0 Å². The monoisotopic (exact) mass is 304 g/mol.